The maximum atomic E-state index is 5.98. The van der Waals surface area contributed by atoms with E-state index in [0.717, 1.165) is 10.9 Å². The van der Waals surface area contributed by atoms with Crippen molar-refractivity contribution in [3.8, 4) is 0 Å². The second-order valence-electron chi connectivity index (χ2n) is 5.11. The standard InChI is InChI=1S/C16H20ClNS/c1-10-7-12(3)14(8-11(10)2)9-18-13(4)15-5-6-16(17)19-15/h5-8,13,18H,9H2,1-4H3. The van der Waals surface area contributed by atoms with E-state index in [9.17, 15) is 0 Å². The van der Waals surface area contributed by atoms with Gasteiger partial charge in [-0.05, 0) is 62.1 Å². The van der Waals surface area contributed by atoms with Crippen LogP contribution >= 0.6 is 22.9 Å². The molecule has 1 unspecified atom stereocenters. The molecule has 0 aliphatic carbocycles. The van der Waals surface area contributed by atoms with Crippen molar-refractivity contribution in [2.24, 2.45) is 0 Å². The van der Waals surface area contributed by atoms with Gasteiger partial charge in [0, 0.05) is 17.5 Å². The van der Waals surface area contributed by atoms with Gasteiger partial charge in [0.25, 0.3) is 0 Å². The normalized spacial score (nSPS) is 12.7. The predicted octanol–water partition coefficient (Wildman–Crippen LogP) is 5.18. The van der Waals surface area contributed by atoms with Gasteiger partial charge in [0.05, 0.1) is 4.34 Å². The molecule has 0 saturated heterocycles. The Morgan fingerprint density at radius 3 is 2.42 bits per heavy atom. The summed E-state index contributed by atoms with van der Waals surface area (Å²) >= 11 is 7.62. The van der Waals surface area contributed by atoms with Crippen molar-refractivity contribution in [1.82, 2.24) is 5.32 Å². The molecular weight excluding hydrogens is 274 g/mol. The van der Waals surface area contributed by atoms with Gasteiger partial charge < -0.3 is 5.32 Å². The summed E-state index contributed by atoms with van der Waals surface area (Å²) in [5.41, 5.74) is 5.44. The number of thiophene rings is 1. The Morgan fingerprint density at radius 2 is 1.79 bits per heavy atom. The van der Waals surface area contributed by atoms with Crippen LogP contribution in [0.25, 0.3) is 0 Å². The highest BCUT2D eigenvalue weighted by Crippen LogP contribution is 2.27. The topological polar surface area (TPSA) is 12.0 Å². The zero-order valence-electron chi connectivity index (χ0n) is 11.9. The van der Waals surface area contributed by atoms with E-state index < -0.39 is 0 Å². The predicted molar refractivity (Wildman–Crippen MR) is 85.2 cm³/mol. The van der Waals surface area contributed by atoms with Crippen LogP contribution in [-0.2, 0) is 6.54 Å². The highest BCUT2D eigenvalue weighted by molar-refractivity contribution is 7.16. The summed E-state index contributed by atoms with van der Waals surface area (Å²) in [7, 11) is 0. The average molecular weight is 294 g/mol. The summed E-state index contributed by atoms with van der Waals surface area (Å²) in [6, 6.07) is 8.93. The van der Waals surface area contributed by atoms with Crippen LogP contribution in [0.5, 0.6) is 0 Å². The molecule has 0 radical (unpaired) electrons. The molecule has 0 saturated carbocycles. The number of rotatable bonds is 4. The Balaban J connectivity index is 2.04. The third-order valence-electron chi connectivity index (χ3n) is 3.57. The molecule has 0 amide bonds. The van der Waals surface area contributed by atoms with Crippen molar-refractivity contribution in [3.05, 3.63) is 55.7 Å². The molecule has 0 fully saturated rings. The molecule has 0 spiro atoms. The van der Waals surface area contributed by atoms with Gasteiger partial charge in [0.2, 0.25) is 0 Å². The maximum Gasteiger partial charge on any atom is 0.0931 e. The third kappa shape index (κ3) is 3.59. The first kappa shape index (κ1) is 14.6. The highest BCUT2D eigenvalue weighted by Gasteiger charge is 2.09. The van der Waals surface area contributed by atoms with Crippen LogP contribution in [0.1, 0.15) is 40.1 Å². The summed E-state index contributed by atoms with van der Waals surface area (Å²) in [6.45, 7) is 9.58. The van der Waals surface area contributed by atoms with Gasteiger partial charge >= 0.3 is 0 Å². The molecule has 2 rings (SSSR count). The molecule has 19 heavy (non-hydrogen) atoms. The van der Waals surface area contributed by atoms with E-state index in [0.29, 0.717) is 6.04 Å². The van der Waals surface area contributed by atoms with E-state index in [1.165, 1.54) is 27.1 Å². The van der Waals surface area contributed by atoms with E-state index in [-0.39, 0.29) is 0 Å². The van der Waals surface area contributed by atoms with Gasteiger partial charge in [-0.3, -0.25) is 0 Å². The fourth-order valence-corrected chi connectivity index (χ4v) is 3.22. The van der Waals surface area contributed by atoms with Crippen LogP contribution in [-0.4, -0.2) is 0 Å². The van der Waals surface area contributed by atoms with Crippen molar-refractivity contribution < 1.29 is 0 Å². The fourth-order valence-electron chi connectivity index (χ4n) is 2.14. The molecule has 1 atom stereocenters. The minimum atomic E-state index is 0.332. The van der Waals surface area contributed by atoms with E-state index in [1.54, 1.807) is 11.3 Å². The number of halogens is 1. The lowest BCUT2D eigenvalue weighted by Crippen LogP contribution is -2.18. The Labute approximate surface area is 124 Å². The van der Waals surface area contributed by atoms with Gasteiger partial charge in [-0.1, -0.05) is 23.7 Å². The Kier molecular flexibility index (Phi) is 4.67. The molecule has 1 nitrogen and oxygen atoms in total. The first-order valence-corrected chi connectivity index (χ1v) is 7.72. The van der Waals surface area contributed by atoms with Crippen molar-refractivity contribution in [1.29, 1.82) is 0 Å². The molecule has 0 aliphatic heterocycles. The maximum absolute atomic E-state index is 5.98. The van der Waals surface area contributed by atoms with Gasteiger partial charge in [0.15, 0.2) is 0 Å². The third-order valence-corrected chi connectivity index (χ3v) is 4.99. The molecular formula is C16H20ClNS. The van der Waals surface area contributed by atoms with Gasteiger partial charge in [-0.15, -0.1) is 11.3 Å². The Morgan fingerprint density at radius 1 is 1.11 bits per heavy atom. The van der Waals surface area contributed by atoms with Crippen molar-refractivity contribution >= 4 is 22.9 Å². The number of nitrogens with one attached hydrogen (secondary N) is 1. The smallest absolute Gasteiger partial charge is 0.0931 e. The summed E-state index contributed by atoms with van der Waals surface area (Å²) in [5.74, 6) is 0. The number of hydrogen-bond donors (Lipinski definition) is 1. The van der Waals surface area contributed by atoms with Crippen LogP contribution in [0.3, 0.4) is 0 Å². The summed E-state index contributed by atoms with van der Waals surface area (Å²) in [4.78, 5) is 1.28. The molecule has 1 aromatic carbocycles. The lowest BCUT2D eigenvalue weighted by Gasteiger charge is -2.15. The summed E-state index contributed by atoms with van der Waals surface area (Å²) < 4.78 is 0.853. The zero-order chi connectivity index (χ0) is 14.0. The van der Waals surface area contributed by atoms with E-state index >= 15 is 0 Å². The lowest BCUT2D eigenvalue weighted by atomic mass is 10.0. The lowest BCUT2D eigenvalue weighted by molar-refractivity contribution is 0.581. The van der Waals surface area contributed by atoms with Gasteiger partial charge in [-0.2, -0.15) is 0 Å². The first-order chi connectivity index (χ1) is 8.97. The van der Waals surface area contributed by atoms with Crippen LogP contribution in [0.15, 0.2) is 24.3 Å². The van der Waals surface area contributed by atoms with Crippen LogP contribution in [0, 0.1) is 20.8 Å². The van der Waals surface area contributed by atoms with Gasteiger partial charge in [0.1, 0.15) is 0 Å². The number of benzene rings is 1. The van der Waals surface area contributed by atoms with Crippen LogP contribution in [0.4, 0.5) is 0 Å². The van der Waals surface area contributed by atoms with E-state index in [1.807, 2.05) is 6.07 Å². The molecule has 0 bridgehead atoms. The first-order valence-electron chi connectivity index (χ1n) is 6.52. The largest absolute Gasteiger partial charge is 0.305 e. The highest BCUT2D eigenvalue weighted by atomic mass is 35.5. The van der Waals surface area contributed by atoms with E-state index in [4.69, 9.17) is 11.6 Å². The quantitative estimate of drug-likeness (QED) is 0.819. The van der Waals surface area contributed by atoms with E-state index in [2.05, 4.69) is 51.2 Å². The minimum absolute atomic E-state index is 0.332. The summed E-state index contributed by atoms with van der Waals surface area (Å²) in [5, 5.41) is 3.57. The molecule has 2 aromatic rings. The molecule has 1 aromatic heterocycles. The Hall–Kier alpha value is -0.830. The Bertz CT molecular complexity index is 574. The van der Waals surface area contributed by atoms with Crippen molar-refractivity contribution in [2.45, 2.75) is 40.3 Å². The van der Waals surface area contributed by atoms with Crippen LogP contribution in [0.2, 0.25) is 4.34 Å². The number of hydrogen-bond acceptors (Lipinski definition) is 2. The molecule has 102 valence electrons. The van der Waals surface area contributed by atoms with Gasteiger partial charge in [-0.25, -0.2) is 0 Å². The SMILES string of the molecule is Cc1cc(C)c(CNC(C)c2ccc(Cl)s2)cc1C. The average Bonchev–Trinajstić information content (AvgIpc) is 2.78. The minimum Gasteiger partial charge on any atom is -0.305 e. The van der Waals surface area contributed by atoms with Crippen LogP contribution < -0.4 is 5.32 Å². The fraction of sp³-hybridized carbons (Fsp3) is 0.375. The second kappa shape index (κ2) is 6.08. The van der Waals surface area contributed by atoms with Crippen molar-refractivity contribution in [2.75, 3.05) is 0 Å². The molecule has 0 aliphatic rings. The molecule has 1 N–H and O–H groups in total. The number of aryl methyl sites for hydroxylation is 3. The van der Waals surface area contributed by atoms with Crippen molar-refractivity contribution in [3.63, 3.8) is 0 Å². The zero-order valence-corrected chi connectivity index (χ0v) is 13.5. The molecule has 1 heterocycles. The second-order valence-corrected chi connectivity index (χ2v) is 6.85. The molecule has 3 heteroatoms. The summed E-state index contributed by atoms with van der Waals surface area (Å²) in [6.07, 6.45) is 0. The monoisotopic (exact) mass is 293 g/mol.